The highest BCUT2D eigenvalue weighted by atomic mass is 16.5. The summed E-state index contributed by atoms with van der Waals surface area (Å²) in [5.41, 5.74) is 1.13. The summed E-state index contributed by atoms with van der Waals surface area (Å²) in [7, 11) is 0. The molecular weight excluding hydrogens is 186 g/mol. The number of benzene rings is 1. The van der Waals surface area contributed by atoms with Crippen LogP contribution in [0.5, 0.6) is 5.75 Å². The van der Waals surface area contributed by atoms with Crippen LogP contribution in [0.1, 0.15) is 0 Å². The Kier molecular flexibility index (Phi) is 2.88. The van der Waals surface area contributed by atoms with Crippen molar-refractivity contribution in [3.05, 3.63) is 61.4 Å². The van der Waals surface area contributed by atoms with Crippen LogP contribution in [0.4, 0.5) is 0 Å². The van der Waals surface area contributed by atoms with Crippen molar-refractivity contribution in [1.29, 1.82) is 0 Å². The topological polar surface area (TPSA) is 14.2 Å². The van der Waals surface area contributed by atoms with Crippen molar-refractivity contribution < 1.29 is 4.74 Å². The molecule has 0 aliphatic carbocycles. The third-order valence-electron chi connectivity index (χ3n) is 2.11. The largest absolute Gasteiger partial charge is 0.490 e. The molecule has 0 aliphatic rings. The van der Waals surface area contributed by atoms with E-state index in [1.807, 2.05) is 48.8 Å². The fourth-order valence-corrected chi connectivity index (χ4v) is 1.38. The molecule has 0 spiro atoms. The van der Waals surface area contributed by atoms with Crippen molar-refractivity contribution in [1.82, 2.24) is 4.57 Å². The molecule has 0 bridgehead atoms. The molecule has 0 N–H and O–H groups in total. The Hall–Kier alpha value is -1.96. The standard InChI is InChI=1S/C13H13NO/c1-2-11-15-13-7-5-12(6-8-13)14-9-3-4-10-14/h2-10H,1,11H2. The molecular formula is C13H13NO. The highest BCUT2D eigenvalue weighted by Gasteiger charge is 1.95. The molecule has 1 aromatic carbocycles. The number of rotatable bonds is 4. The van der Waals surface area contributed by atoms with Crippen molar-refractivity contribution in [2.75, 3.05) is 6.61 Å². The first-order valence-corrected chi connectivity index (χ1v) is 4.87. The lowest BCUT2D eigenvalue weighted by Crippen LogP contribution is -1.93. The molecule has 76 valence electrons. The van der Waals surface area contributed by atoms with Gasteiger partial charge in [0.05, 0.1) is 0 Å². The molecule has 2 nitrogen and oxygen atoms in total. The molecule has 15 heavy (non-hydrogen) atoms. The summed E-state index contributed by atoms with van der Waals surface area (Å²) in [5, 5.41) is 0. The minimum atomic E-state index is 0.545. The van der Waals surface area contributed by atoms with Crippen LogP contribution in [0.2, 0.25) is 0 Å². The van der Waals surface area contributed by atoms with Gasteiger partial charge in [-0.1, -0.05) is 12.7 Å². The van der Waals surface area contributed by atoms with E-state index in [1.165, 1.54) is 0 Å². The van der Waals surface area contributed by atoms with Gasteiger partial charge in [0.2, 0.25) is 0 Å². The molecule has 1 heterocycles. The molecule has 2 aromatic rings. The highest BCUT2D eigenvalue weighted by molar-refractivity contribution is 5.37. The first-order chi connectivity index (χ1) is 7.40. The molecule has 0 saturated carbocycles. The smallest absolute Gasteiger partial charge is 0.119 e. The Labute approximate surface area is 89.4 Å². The number of ether oxygens (including phenoxy) is 1. The number of hydrogen-bond acceptors (Lipinski definition) is 1. The van der Waals surface area contributed by atoms with Crippen molar-refractivity contribution >= 4 is 0 Å². The molecule has 2 heteroatoms. The zero-order valence-electron chi connectivity index (χ0n) is 8.47. The van der Waals surface area contributed by atoms with E-state index >= 15 is 0 Å². The maximum absolute atomic E-state index is 5.40. The Balaban J connectivity index is 2.14. The maximum Gasteiger partial charge on any atom is 0.119 e. The Morgan fingerprint density at radius 3 is 2.40 bits per heavy atom. The van der Waals surface area contributed by atoms with Crippen LogP contribution in [0.25, 0.3) is 5.69 Å². The maximum atomic E-state index is 5.40. The predicted molar refractivity (Wildman–Crippen MR) is 61.5 cm³/mol. The summed E-state index contributed by atoms with van der Waals surface area (Å²) < 4.78 is 7.45. The molecule has 2 rings (SSSR count). The second kappa shape index (κ2) is 4.51. The fraction of sp³-hybridized carbons (Fsp3) is 0.0769. The van der Waals surface area contributed by atoms with Crippen LogP contribution in [-0.2, 0) is 0 Å². The normalized spacial score (nSPS) is 9.87. The predicted octanol–water partition coefficient (Wildman–Crippen LogP) is 3.04. The molecule has 0 aliphatic heterocycles. The van der Waals surface area contributed by atoms with Crippen LogP contribution in [0, 0.1) is 0 Å². The minimum absolute atomic E-state index is 0.545. The van der Waals surface area contributed by atoms with E-state index in [0.29, 0.717) is 6.61 Å². The molecule has 0 fully saturated rings. The first-order valence-electron chi connectivity index (χ1n) is 4.87. The zero-order chi connectivity index (χ0) is 10.5. The van der Waals surface area contributed by atoms with Gasteiger partial charge < -0.3 is 9.30 Å². The monoisotopic (exact) mass is 199 g/mol. The van der Waals surface area contributed by atoms with Gasteiger partial charge in [-0.2, -0.15) is 0 Å². The first kappa shape index (κ1) is 9.59. The van der Waals surface area contributed by atoms with Crippen LogP contribution < -0.4 is 4.74 Å². The average Bonchev–Trinajstić information content (AvgIpc) is 2.80. The van der Waals surface area contributed by atoms with E-state index < -0.39 is 0 Å². The van der Waals surface area contributed by atoms with Crippen molar-refractivity contribution in [3.63, 3.8) is 0 Å². The van der Waals surface area contributed by atoms with Crippen molar-refractivity contribution in [2.45, 2.75) is 0 Å². The van der Waals surface area contributed by atoms with Gasteiger partial charge in [0.15, 0.2) is 0 Å². The Morgan fingerprint density at radius 2 is 1.80 bits per heavy atom. The second-order valence-electron chi connectivity index (χ2n) is 3.18. The van der Waals surface area contributed by atoms with Crippen LogP contribution in [-0.4, -0.2) is 11.2 Å². The van der Waals surface area contributed by atoms with E-state index in [2.05, 4.69) is 11.1 Å². The van der Waals surface area contributed by atoms with Crippen molar-refractivity contribution in [2.24, 2.45) is 0 Å². The van der Waals surface area contributed by atoms with Gasteiger partial charge in [0, 0.05) is 18.1 Å². The van der Waals surface area contributed by atoms with Gasteiger partial charge in [0.1, 0.15) is 12.4 Å². The molecule has 0 unspecified atom stereocenters. The average molecular weight is 199 g/mol. The van der Waals surface area contributed by atoms with Gasteiger partial charge in [-0.15, -0.1) is 0 Å². The zero-order valence-corrected chi connectivity index (χ0v) is 8.47. The van der Waals surface area contributed by atoms with Gasteiger partial charge in [0.25, 0.3) is 0 Å². The Morgan fingerprint density at radius 1 is 1.13 bits per heavy atom. The van der Waals surface area contributed by atoms with Gasteiger partial charge in [-0.25, -0.2) is 0 Å². The van der Waals surface area contributed by atoms with Gasteiger partial charge in [-0.3, -0.25) is 0 Å². The van der Waals surface area contributed by atoms with E-state index in [-0.39, 0.29) is 0 Å². The highest BCUT2D eigenvalue weighted by Crippen LogP contribution is 2.15. The summed E-state index contributed by atoms with van der Waals surface area (Å²) in [5.74, 6) is 0.866. The molecule has 1 aromatic heterocycles. The summed E-state index contributed by atoms with van der Waals surface area (Å²) in [6.07, 6.45) is 5.76. The van der Waals surface area contributed by atoms with E-state index in [0.717, 1.165) is 11.4 Å². The minimum Gasteiger partial charge on any atom is -0.490 e. The fourth-order valence-electron chi connectivity index (χ4n) is 1.38. The lowest BCUT2D eigenvalue weighted by molar-refractivity contribution is 0.363. The lowest BCUT2D eigenvalue weighted by Gasteiger charge is -2.05. The number of aromatic nitrogens is 1. The van der Waals surface area contributed by atoms with E-state index in [1.54, 1.807) is 6.08 Å². The molecule has 0 amide bonds. The summed E-state index contributed by atoms with van der Waals surface area (Å²) in [6.45, 7) is 4.15. The van der Waals surface area contributed by atoms with Gasteiger partial charge >= 0.3 is 0 Å². The lowest BCUT2D eigenvalue weighted by atomic mass is 10.3. The van der Waals surface area contributed by atoms with Gasteiger partial charge in [-0.05, 0) is 36.4 Å². The summed E-state index contributed by atoms with van der Waals surface area (Å²) in [6, 6.07) is 12.0. The summed E-state index contributed by atoms with van der Waals surface area (Å²) >= 11 is 0. The number of nitrogens with zero attached hydrogens (tertiary/aromatic N) is 1. The third-order valence-corrected chi connectivity index (χ3v) is 2.11. The van der Waals surface area contributed by atoms with Crippen LogP contribution >= 0.6 is 0 Å². The molecule has 0 saturated heterocycles. The van der Waals surface area contributed by atoms with Crippen LogP contribution in [0.3, 0.4) is 0 Å². The molecule has 0 radical (unpaired) electrons. The number of hydrogen-bond donors (Lipinski definition) is 0. The third kappa shape index (κ3) is 2.29. The Bertz CT molecular complexity index is 414. The van der Waals surface area contributed by atoms with Crippen molar-refractivity contribution in [3.8, 4) is 11.4 Å². The van der Waals surface area contributed by atoms with E-state index in [4.69, 9.17) is 4.74 Å². The summed E-state index contributed by atoms with van der Waals surface area (Å²) in [4.78, 5) is 0. The second-order valence-corrected chi connectivity index (χ2v) is 3.18. The SMILES string of the molecule is C=CCOc1ccc(-n2cccc2)cc1. The quantitative estimate of drug-likeness (QED) is 0.690. The van der Waals surface area contributed by atoms with Crippen LogP contribution in [0.15, 0.2) is 61.4 Å². The van der Waals surface area contributed by atoms with E-state index in [9.17, 15) is 0 Å². The molecule has 0 atom stereocenters.